The normalized spacial score (nSPS) is 27.2. The van der Waals surface area contributed by atoms with Crippen molar-refractivity contribution in [1.29, 1.82) is 0 Å². The summed E-state index contributed by atoms with van der Waals surface area (Å²) in [4.78, 5) is 51.9. The van der Waals surface area contributed by atoms with Crippen LogP contribution in [0, 0.1) is 183 Å². The molecule has 16 unspecified atom stereocenters. The second kappa shape index (κ2) is 66.3. The third-order valence-electron chi connectivity index (χ3n) is 36.8. The molecule has 0 aromatic heterocycles. The highest BCUT2D eigenvalue weighted by atomic mass is 16.2. The van der Waals surface area contributed by atoms with Crippen molar-refractivity contribution in [1.82, 2.24) is 53.9 Å². The molecule has 856 valence electrons. The van der Waals surface area contributed by atoms with Crippen LogP contribution in [0.2, 0.25) is 0 Å². The summed E-state index contributed by atoms with van der Waals surface area (Å²) >= 11 is 0. The molecule has 16 atom stereocenters. The molecule has 10 heterocycles. The molecule has 0 saturated carbocycles. The lowest BCUT2D eigenvalue weighted by Gasteiger charge is -2.54. The number of nitrogens with zero attached hydrogens (tertiary/aromatic N) is 11. The molecule has 10 aliphatic heterocycles. The number of hydrogen-bond acceptors (Lipinski definition) is 11. The molecule has 0 aliphatic carbocycles. The maximum atomic E-state index is 12.2. The van der Waals surface area contributed by atoms with Crippen LogP contribution in [0.1, 0.15) is 441 Å². The Hall–Kier alpha value is -2.10. The zero-order chi connectivity index (χ0) is 112. The third kappa shape index (κ3) is 43.6. The number of rotatable bonds is 30. The number of hydrogen-bond donors (Lipinski definition) is 0. The van der Waals surface area contributed by atoms with Gasteiger partial charge in [0.25, 0.3) is 0 Å². The highest BCUT2D eigenvalue weighted by molar-refractivity contribution is 5.86. The predicted octanol–water partition coefficient (Wildman–Crippen LogP) is 31.9. The number of likely N-dealkylation sites (tertiary alicyclic amines) is 7. The molecule has 10 rings (SSSR count). The molecule has 0 bridgehead atoms. The number of β-lactam (4-membered cyclic amide) rings is 1. The van der Waals surface area contributed by atoms with Crippen LogP contribution in [0.3, 0.4) is 0 Å². The van der Waals surface area contributed by atoms with E-state index >= 15 is 0 Å². The monoisotopic (exact) mass is 2030 g/mol. The van der Waals surface area contributed by atoms with E-state index in [9.17, 15) is 9.59 Å². The zero-order valence-corrected chi connectivity index (χ0v) is 109. The van der Waals surface area contributed by atoms with Crippen LogP contribution >= 0.6 is 0 Å². The summed E-state index contributed by atoms with van der Waals surface area (Å²) in [5, 5.41) is 0. The van der Waals surface area contributed by atoms with Crippen molar-refractivity contribution < 1.29 is 9.59 Å². The lowest BCUT2D eigenvalue weighted by molar-refractivity contribution is -0.167. The standard InChI is InChI=1S/2C14H29N.C14H27N.C13H28N2.C13H25NO.C13H27N.C13H25N.C13H27N.C12H23NO.C12H25N/c1-10(2)13-7-14(11(3)4)9-15(8-13)12(5)6;2*1-10(2)13-7-8-15(12(5)6)9-14(13)11(3)4;1-10(2)13-9-14(11(3)4)7-8-15(13)12(5)6;1-8(2)11-7-14(10(5)6)13(15)12(11)9(3)4;2*1-9(2)12-7-14(11(5)6)8-13(12)10(3)4;1-9(2)12-7-13(10(3)4)14(8-12)11(5)6;1-7(2)10-11(8(3)4)13(9(5)6)12(10)14;1-8(2)11-7-13(10(5)6)12(11)9(3)4/h2*10-14H,7-9H2,1-6H3;9-13H,7-8H2,1-6H3;10-13H,7-9H2,1-6H3;8-12H,7H2,1-6H3;9-13H,7-8H2,1-6H3;9-11H,7-8H2,1-6H3;9-13H,7-8H2,1-6H3;7-11H,1-6H3;8-12H,7H2,1-6H3. The highest BCUT2D eigenvalue weighted by Crippen LogP contribution is 2.44. The zero-order valence-electron chi connectivity index (χ0n) is 109. The first-order valence-electron chi connectivity index (χ1n) is 62.0. The Morgan fingerprint density at radius 2 is 0.604 bits per heavy atom. The Morgan fingerprint density at radius 3 is 0.910 bits per heavy atom. The van der Waals surface area contributed by atoms with Crippen LogP contribution < -0.4 is 0 Å². The Morgan fingerprint density at radius 1 is 0.229 bits per heavy atom. The van der Waals surface area contributed by atoms with Crippen molar-refractivity contribution in [3.8, 4) is 0 Å². The van der Waals surface area contributed by atoms with Crippen LogP contribution in [0.25, 0.3) is 0 Å². The van der Waals surface area contributed by atoms with Crippen molar-refractivity contribution in [2.75, 3.05) is 98.2 Å². The summed E-state index contributed by atoms with van der Waals surface area (Å²) in [5.74, 6) is 24.1. The topological polar surface area (TPSA) is 69.8 Å². The summed E-state index contributed by atoms with van der Waals surface area (Å²) in [6.45, 7) is 157. The van der Waals surface area contributed by atoms with E-state index in [0.717, 1.165) is 179 Å². The lowest BCUT2D eigenvalue weighted by atomic mass is 9.73. The summed E-state index contributed by atoms with van der Waals surface area (Å²) in [5.41, 5.74) is 5.03. The minimum absolute atomic E-state index is 0.243. The lowest BCUT2D eigenvalue weighted by Crippen LogP contribution is -2.66. The van der Waals surface area contributed by atoms with Gasteiger partial charge in [-0.2, -0.15) is 0 Å². The van der Waals surface area contributed by atoms with Gasteiger partial charge in [-0.05, 0) is 368 Å². The molecule has 0 radical (unpaired) electrons. The molecule has 0 spiro atoms. The van der Waals surface area contributed by atoms with Crippen LogP contribution in [0.5, 0.6) is 0 Å². The van der Waals surface area contributed by atoms with E-state index in [4.69, 9.17) is 0 Å². The molecule has 13 heteroatoms. The molecule has 13 nitrogen and oxygen atoms in total. The first-order valence-corrected chi connectivity index (χ1v) is 62.0. The third-order valence-corrected chi connectivity index (χ3v) is 36.8. The smallest absolute Gasteiger partial charge is 0.228 e. The van der Waals surface area contributed by atoms with Gasteiger partial charge in [0.15, 0.2) is 0 Å². The first kappa shape index (κ1) is 140. The molecule has 8 saturated heterocycles. The molecular weight excluding hydrogens is 1760 g/mol. The molecule has 10 aliphatic rings. The molecule has 0 aromatic carbocycles. The number of piperazine rings is 1. The SMILES string of the molecule is CC(C)C1=C(C(C)C)CN(C(C)C)C1.CC(C)C1=CN(C(C)C)CCC1C(C)C.CC(C)C1C(=O)N(C(C)C)C1C(C)C.CC(C)C1CC(C(C)C)CN(C(C)C)C1.CC(C)C1CC(C(C)C)N(C(C)C)C1.CC(C)C1CCN(C(C)C)CC1C(C)C.CC(C)C1CN(C(C)C)C(=O)C1C(C)C.CC(C)C1CN(C(C)C)C1C(C)C.CC(C)C1CN(C(C)C)CC1C(C)C.CC(C)C1CN(C(C)C)CCN1C(C)C. The summed E-state index contributed by atoms with van der Waals surface area (Å²) in [6.07, 6.45) is 8.02. The average Bonchev–Trinajstić information content (AvgIpc) is 1.00. The van der Waals surface area contributed by atoms with Crippen molar-refractivity contribution in [3.05, 3.63) is 22.9 Å². The summed E-state index contributed by atoms with van der Waals surface area (Å²) < 4.78 is 0. The molecule has 0 aromatic rings. The van der Waals surface area contributed by atoms with Gasteiger partial charge in [-0.1, -0.05) is 274 Å². The number of carbonyl (C=O) groups is 2. The molecule has 144 heavy (non-hydrogen) atoms. The van der Waals surface area contributed by atoms with Crippen LogP contribution in [0.15, 0.2) is 22.9 Å². The fourth-order valence-corrected chi connectivity index (χ4v) is 26.1. The van der Waals surface area contributed by atoms with E-state index < -0.39 is 0 Å². The Bertz CT molecular complexity index is 3220. The number of carbonyl (C=O) groups excluding carboxylic acids is 2. The number of piperidine rings is 2. The second-order valence-corrected chi connectivity index (χ2v) is 57.6. The van der Waals surface area contributed by atoms with Crippen molar-refractivity contribution in [3.63, 3.8) is 0 Å². The first-order chi connectivity index (χ1) is 66.2. The van der Waals surface area contributed by atoms with E-state index in [0.29, 0.717) is 102 Å². The van der Waals surface area contributed by atoms with E-state index in [1.54, 1.807) is 16.7 Å². The van der Waals surface area contributed by atoms with Crippen molar-refractivity contribution in [2.24, 2.45) is 183 Å². The van der Waals surface area contributed by atoms with E-state index in [1.807, 2.05) is 0 Å². The van der Waals surface area contributed by atoms with Crippen LogP contribution in [-0.2, 0) is 9.59 Å². The second-order valence-electron chi connectivity index (χ2n) is 57.6. The van der Waals surface area contributed by atoms with Gasteiger partial charge >= 0.3 is 0 Å². The minimum atomic E-state index is 0.243. The van der Waals surface area contributed by atoms with Crippen molar-refractivity contribution >= 4 is 11.8 Å². The van der Waals surface area contributed by atoms with Crippen LogP contribution in [0.4, 0.5) is 0 Å². The molecular formula is C131H265N11O2. The van der Waals surface area contributed by atoms with Gasteiger partial charge < -0.3 is 29.4 Å². The molecule has 8 fully saturated rings. The molecule has 0 N–H and O–H groups in total. The minimum Gasteiger partial charge on any atom is -0.375 e. The Balaban J connectivity index is 0.000000800. The Kier molecular flexibility index (Phi) is 64.4. The van der Waals surface area contributed by atoms with E-state index in [-0.39, 0.29) is 11.8 Å². The summed E-state index contributed by atoms with van der Waals surface area (Å²) in [7, 11) is 0. The van der Waals surface area contributed by atoms with Gasteiger partial charge in [0.1, 0.15) is 0 Å². The summed E-state index contributed by atoms with van der Waals surface area (Å²) in [6, 6.07) is 9.86. The maximum absolute atomic E-state index is 12.2. The maximum Gasteiger partial charge on any atom is 0.228 e. The van der Waals surface area contributed by atoms with Gasteiger partial charge in [-0.3, -0.25) is 34.1 Å². The fourth-order valence-electron chi connectivity index (χ4n) is 26.1. The Labute approximate surface area is 905 Å². The van der Waals surface area contributed by atoms with Crippen molar-refractivity contribution in [2.45, 2.75) is 532 Å². The van der Waals surface area contributed by atoms with E-state index in [1.165, 1.54) is 117 Å². The van der Waals surface area contributed by atoms with Gasteiger partial charge in [-0.15, -0.1) is 0 Å². The van der Waals surface area contributed by atoms with Gasteiger partial charge in [0.2, 0.25) is 11.8 Å². The fraction of sp³-hybridized carbons (Fsp3) is 0.954. The average molecular weight is 2030 g/mol. The quantitative estimate of drug-likeness (QED) is 0.0510. The predicted molar refractivity (Wildman–Crippen MR) is 642 cm³/mol. The number of amides is 2. The van der Waals surface area contributed by atoms with Gasteiger partial charge in [-0.25, -0.2) is 0 Å². The largest absolute Gasteiger partial charge is 0.375 e. The van der Waals surface area contributed by atoms with Gasteiger partial charge in [0, 0.05) is 188 Å². The molecule has 2 amide bonds. The van der Waals surface area contributed by atoms with Gasteiger partial charge in [0.05, 0.1) is 5.92 Å². The van der Waals surface area contributed by atoms with Crippen LogP contribution in [-0.4, -0.2) is 255 Å². The van der Waals surface area contributed by atoms with E-state index in [2.05, 4.69) is 476 Å². The highest BCUT2D eigenvalue weighted by Gasteiger charge is 2.52. The number of allylic oxidation sites excluding steroid dienone is 1.